The van der Waals surface area contributed by atoms with Crippen LogP contribution in [0.15, 0.2) is 30.3 Å². The number of amides is 1. The summed E-state index contributed by atoms with van der Waals surface area (Å²) in [6.07, 6.45) is 2.37. The Hall–Kier alpha value is -2.17. The molecule has 114 valence electrons. The molecule has 0 saturated carbocycles. The zero-order valence-electron chi connectivity index (χ0n) is 12.3. The first-order valence-corrected chi connectivity index (χ1v) is 7.05. The van der Waals surface area contributed by atoms with Gasteiger partial charge in [-0.1, -0.05) is 30.3 Å². The van der Waals surface area contributed by atoms with Crippen LogP contribution in [0.2, 0.25) is 0 Å². The number of carbonyl (C=O) groups is 3. The fourth-order valence-corrected chi connectivity index (χ4v) is 1.85. The number of hydrogen-bond acceptors (Lipinski definition) is 4. The van der Waals surface area contributed by atoms with Gasteiger partial charge in [0.1, 0.15) is 0 Å². The first-order valence-electron chi connectivity index (χ1n) is 7.05. The van der Waals surface area contributed by atoms with Gasteiger partial charge < -0.3 is 10.1 Å². The van der Waals surface area contributed by atoms with Crippen molar-refractivity contribution in [3.05, 3.63) is 35.9 Å². The first kappa shape index (κ1) is 16.9. The van der Waals surface area contributed by atoms with Gasteiger partial charge in [0, 0.05) is 19.4 Å². The van der Waals surface area contributed by atoms with E-state index in [0.29, 0.717) is 19.4 Å². The van der Waals surface area contributed by atoms with Crippen molar-refractivity contribution >= 4 is 17.7 Å². The largest absolute Gasteiger partial charge is 0.469 e. The van der Waals surface area contributed by atoms with Gasteiger partial charge in [-0.15, -0.1) is 0 Å². The van der Waals surface area contributed by atoms with Crippen LogP contribution in [0.25, 0.3) is 0 Å². The molecule has 1 N–H and O–H groups in total. The van der Waals surface area contributed by atoms with E-state index < -0.39 is 11.7 Å². The zero-order valence-corrected chi connectivity index (χ0v) is 12.3. The molecule has 0 spiro atoms. The quantitative estimate of drug-likeness (QED) is 0.426. The van der Waals surface area contributed by atoms with Gasteiger partial charge in [0.15, 0.2) is 0 Å². The fraction of sp³-hybridized carbons (Fsp3) is 0.438. The van der Waals surface area contributed by atoms with E-state index in [1.165, 1.54) is 7.11 Å². The van der Waals surface area contributed by atoms with Crippen LogP contribution in [-0.2, 0) is 25.5 Å². The van der Waals surface area contributed by atoms with Gasteiger partial charge in [-0.3, -0.25) is 14.4 Å². The van der Waals surface area contributed by atoms with Crippen LogP contribution in [0.5, 0.6) is 0 Å². The predicted molar refractivity (Wildman–Crippen MR) is 78.6 cm³/mol. The van der Waals surface area contributed by atoms with Crippen LogP contribution in [0, 0.1) is 0 Å². The summed E-state index contributed by atoms with van der Waals surface area (Å²) < 4.78 is 4.48. The lowest BCUT2D eigenvalue weighted by atomic mass is 10.1. The Morgan fingerprint density at radius 3 is 2.43 bits per heavy atom. The molecule has 1 aromatic carbocycles. The second-order valence-corrected chi connectivity index (χ2v) is 4.70. The summed E-state index contributed by atoms with van der Waals surface area (Å²) in [5.41, 5.74) is 1.16. The standard InChI is InChI=1S/C16H21NO4/c1-21-15(19)11-6-12-17-16(20)14(18)10-5-9-13-7-3-2-4-8-13/h2-4,7-8H,5-6,9-12H2,1H3,(H,17,20). The monoisotopic (exact) mass is 291 g/mol. The Labute approximate surface area is 124 Å². The molecule has 0 aliphatic rings. The molecule has 1 rings (SSSR count). The number of ether oxygens (including phenoxy) is 1. The summed E-state index contributed by atoms with van der Waals surface area (Å²) in [5, 5.41) is 2.51. The summed E-state index contributed by atoms with van der Waals surface area (Å²) in [6.45, 7) is 0.304. The lowest BCUT2D eigenvalue weighted by molar-refractivity contribution is -0.141. The van der Waals surface area contributed by atoms with E-state index in [4.69, 9.17) is 0 Å². The third kappa shape index (κ3) is 7.25. The smallest absolute Gasteiger partial charge is 0.305 e. The molecule has 5 nitrogen and oxygen atoms in total. The van der Waals surface area contributed by atoms with E-state index in [-0.39, 0.29) is 18.8 Å². The molecule has 1 aromatic rings. The van der Waals surface area contributed by atoms with Gasteiger partial charge in [0.2, 0.25) is 5.78 Å². The molecule has 0 atom stereocenters. The van der Waals surface area contributed by atoms with E-state index in [0.717, 1.165) is 12.0 Å². The van der Waals surface area contributed by atoms with Crippen LogP contribution in [0.1, 0.15) is 31.2 Å². The molecule has 0 bridgehead atoms. The molecule has 5 heteroatoms. The maximum Gasteiger partial charge on any atom is 0.305 e. The van der Waals surface area contributed by atoms with Gasteiger partial charge in [0.05, 0.1) is 7.11 Å². The third-order valence-electron chi connectivity index (χ3n) is 3.04. The number of aryl methyl sites for hydroxylation is 1. The number of esters is 1. The molecule has 0 radical (unpaired) electrons. The lowest BCUT2D eigenvalue weighted by Gasteiger charge is -2.04. The van der Waals surface area contributed by atoms with Gasteiger partial charge in [-0.2, -0.15) is 0 Å². The average Bonchev–Trinajstić information content (AvgIpc) is 2.51. The maximum atomic E-state index is 11.6. The topological polar surface area (TPSA) is 72.5 Å². The van der Waals surface area contributed by atoms with Crippen LogP contribution in [0.3, 0.4) is 0 Å². The molecular weight excluding hydrogens is 270 g/mol. The van der Waals surface area contributed by atoms with Crippen LogP contribution in [-0.4, -0.2) is 31.3 Å². The minimum Gasteiger partial charge on any atom is -0.469 e. The van der Waals surface area contributed by atoms with Crippen molar-refractivity contribution in [2.24, 2.45) is 0 Å². The van der Waals surface area contributed by atoms with Gasteiger partial charge in [-0.05, 0) is 24.8 Å². The Bertz CT molecular complexity index is 470. The van der Waals surface area contributed by atoms with Crippen molar-refractivity contribution in [3.63, 3.8) is 0 Å². The highest BCUT2D eigenvalue weighted by Gasteiger charge is 2.12. The van der Waals surface area contributed by atoms with E-state index in [2.05, 4.69) is 10.1 Å². The highest BCUT2D eigenvalue weighted by molar-refractivity contribution is 6.36. The summed E-state index contributed by atoms with van der Waals surface area (Å²) in [7, 11) is 1.32. The summed E-state index contributed by atoms with van der Waals surface area (Å²) in [4.78, 5) is 34.0. The first-order chi connectivity index (χ1) is 10.1. The number of hydrogen-bond donors (Lipinski definition) is 1. The van der Waals surface area contributed by atoms with Crippen molar-refractivity contribution in [2.45, 2.75) is 32.1 Å². The van der Waals surface area contributed by atoms with E-state index in [1.54, 1.807) is 0 Å². The molecular formula is C16H21NO4. The fourth-order valence-electron chi connectivity index (χ4n) is 1.85. The van der Waals surface area contributed by atoms with Crippen molar-refractivity contribution < 1.29 is 19.1 Å². The Morgan fingerprint density at radius 1 is 1.05 bits per heavy atom. The van der Waals surface area contributed by atoms with Crippen molar-refractivity contribution in [1.82, 2.24) is 5.32 Å². The Kier molecular flexibility index (Phi) is 7.79. The predicted octanol–water partition coefficient (Wildman–Crippen LogP) is 1.65. The molecule has 1 amide bonds. The van der Waals surface area contributed by atoms with E-state index in [9.17, 15) is 14.4 Å². The lowest BCUT2D eigenvalue weighted by Crippen LogP contribution is -2.31. The number of methoxy groups -OCH3 is 1. The number of rotatable bonds is 9. The van der Waals surface area contributed by atoms with Gasteiger partial charge in [0.25, 0.3) is 5.91 Å². The van der Waals surface area contributed by atoms with Crippen molar-refractivity contribution in [2.75, 3.05) is 13.7 Å². The number of ketones is 1. The molecule has 0 aliphatic heterocycles. The molecule has 0 aliphatic carbocycles. The van der Waals surface area contributed by atoms with E-state index >= 15 is 0 Å². The minimum absolute atomic E-state index is 0.234. The molecule has 0 unspecified atom stereocenters. The molecule has 21 heavy (non-hydrogen) atoms. The Morgan fingerprint density at radius 2 is 1.76 bits per heavy atom. The highest BCUT2D eigenvalue weighted by atomic mass is 16.5. The van der Waals surface area contributed by atoms with E-state index in [1.807, 2.05) is 30.3 Å². The molecule has 0 heterocycles. The molecule has 0 aromatic heterocycles. The van der Waals surface area contributed by atoms with Crippen molar-refractivity contribution in [1.29, 1.82) is 0 Å². The normalized spacial score (nSPS) is 9.95. The summed E-state index contributed by atoms with van der Waals surface area (Å²) in [6, 6.07) is 9.83. The summed E-state index contributed by atoms with van der Waals surface area (Å²) >= 11 is 0. The zero-order chi connectivity index (χ0) is 15.5. The maximum absolute atomic E-state index is 11.6. The van der Waals surface area contributed by atoms with Crippen LogP contribution >= 0.6 is 0 Å². The number of nitrogens with one attached hydrogen (secondary N) is 1. The minimum atomic E-state index is -0.576. The van der Waals surface area contributed by atoms with Gasteiger partial charge >= 0.3 is 5.97 Å². The number of carbonyl (C=O) groups excluding carboxylic acids is 3. The van der Waals surface area contributed by atoms with Crippen LogP contribution < -0.4 is 5.32 Å². The van der Waals surface area contributed by atoms with Crippen molar-refractivity contribution in [3.8, 4) is 0 Å². The van der Waals surface area contributed by atoms with Gasteiger partial charge in [-0.25, -0.2) is 0 Å². The average molecular weight is 291 g/mol. The summed E-state index contributed by atoms with van der Waals surface area (Å²) in [5.74, 6) is -1.31. The third-order valence-corrected chi connectivity index (χ3v) is 3.04. The second kappa shape index (κ2) is 9.69. The molecule has 0 saturated heterocycles. The number of benzene rings is 1. The second-order valence-electron chi connectivity index (χ2n) is 4.70. The highest BCUT2D eigenvalue weighted by Crippen LogP contribution is 2.04. The van der Waals surface area contributed by atoms with Crippen LogP contribution in [0.4, 0.5) is 0 Å². The SMILES string of the molecule is COC(=O)CCCNC(=O)C(=O)CCCc1ccccc1. The molecule has 0 fully saturated rings. The Balaban J connectivity index is 2.14. The number of Topliss-reactive ketones (excluding diaryl/α,β-unsaturated/α-hetero) is 1.